The molecule has 0 saturated heterocycles. The molecule has 1 aliphatic rings. The number of hydrogen-bond donors (Lipinski definition) is 1. The molecule has 2 nitrogen and oxygen atoms in total. The van der Waals surface area contributed by atoms with Gasteiger partial charge in [-0.25, -0.2) is 0 Å². The topological polar surface area (TPSA) is 29.5 Å². The van der Waals surface area contributed by atoms with Crippen molar-refractivity contribution in [2.45, 2.75) is 65.9 Å². The van der Waals surface area contributed by atoms with Gasteiger partial charge in [-0.05, 0) is 63.1 Å². The third-order valence-corrected chi connectivity index (χ3v) is 4.14. The van der Waals surface area contributed by atoms with E-state index in [2.05, 4.69) is 27.7 Å². The molecule has 0 bridgehead atoms. The Morgan fingerprint density at radius 2 is 1.50 bits per heavy atom. The zero-order valence-electron chi connectivity index (χ0n) is 12.6. The van der Waals surface area contributed by atoms with Crippen molar-refractivity contribution in [1.82, 2.24) is 0 Å². The van der Waals surface area contributed by atoms with Gasteiger partial charge >= 0.3 is 0 Å². The molecule has 0 amide bonds. The normalized spacial score (nSPS) is 20.2. The summed E-state index contributed by atoms with van der Waals surface area (Å²) in [5, 5.41) is 10.2. The van der Waals surface area contributed by atoms with E-state index in [1.165, 1.54) is 5.56 Å². The molecule has 0 aliphatic carbocycles. The Hall–Kier alpha value is -1.18. The van der Waals surface area contributed by atoms with Gasteiger partial charge in [-0.2, -0.15) is 0 Å². The summed E-state index contributed by atoms with van der Waals surface area (Å²) in [6.07, 6.45) is 0.954. The molecule has 0 unspecified atom stereocenters. The van der Waals surface area contributed by atoms with E-state index in [0.717, 1.165) is 28.9 Å². The summed E-state index contributed by atoms with van der Waals surface area (Å²) in [4.78, 5) is 0. The van der Waals surface area contributed by atoms with Crippen LogP contribution in [-0.2, 0) is 5.41 Å². The molecule has 0 atom stereocenters. The van der Waals surface area contributed by atoms with Gasteiger partial charge in [-0.15, -0.1) is 0 Å². The van der Waals surface area contributed by atoms with Gasteiger partial charge in [0.25, 0.3) is 0 Å². The predicted octanol–water partition coefficient (Wildman–Crippen LogP) is 4.16. The van der Waals surface area contributed by atoms with Crippen LogP contribution in [0.1, 0.15) is 56.4 Å². The maximum atomic E-state index is 10.2. The van der Waals surface area contributed by atoms with Gasteiger partial charge in [0.1, 0.15) is 17.1 Å². The molecule has 1 aliphatic heterocycles. The van der Waals surface area contributed by atoms with Crippen molar-refractivity contribution < 1.29 is 9.84 Å². The molecule has 1 aromatic carbocycles. The van der Waals surface area contributed by atoms with Crippen molar-refractivity contribution in [3.05, 3.63) is 22.3 Å². The largest absolute Gasteiger partial charge is 0.507 e. The summed E-state index contributed by atoms with van der Waals surface area (Å²) in [5.74, 6) is 1.40. The van der Waals surface area contributed by atoms with Crippen LogP contribution < -0.4 is 4.74 Å². The first kappa shape index (κ1) is 13.3. The van der Waals surface area contributed by atoms with E-state index < -0.39 is 0 Å². The fourth-order valence-electron chi connectivity index (χ4n) is 3.51. The lowest BCUT2D eigenvalue weighted by molar-refractivity contribution is 0.0518. The lowest BCUT2D eigenvalue weighted by atomic mass is 9.71. The second kappa shape index (κ2) is 3.66. The first-order chi connectivity index (χ1) is 8.07. The van der Waals surface area contributed by atoms with E-state index in [4.69, 9.17) is 4.74 Å². The number of aromatic hydroxyl groups is 1. The molecule has 100 valence electrons. The molecule has 2 heteroatoms. The molecule has 18 heavy (non-hydrogen) atoms. The maximum Gasteiger partial charge on any atom is 0.127 e. The van der Waals surface area contributed by atoms with Crippen molar-refractivity contribution in [2.75, 3.05) is 0 Å². The quantitative estimate of drug-likeness (QED) is 0.747. The molecule has 0 aromatic heterocycles. The highest BCUT2D eigenvalue weighted by molar-refractivity contribution is 5.60. The highest BCUT2D eigenvalue weighted by atomic mass is 16.5. The lowest BCUT2D eigenvalue weighted by Gasteiger charge is -2.44. The van der Waals surface area contributed by atoms with Gasteiger partial charge in [-0.1, -0.05) is 13.8 Å². The van der Waals surface area contributed by atoms with E-state index >= 15 is 0 Å². The number of rotatable bonds is 0. The van der Waals surface area contributed by atoms with Crippen LogP contribution in [0.15, 0.2) is 0 Å². The Morgan fingerprint density at radius 3 is 2.06 bits per heavy atom. The molecule has 0 saturated carbocycles. The monoisotopic (exact) mass is 248 g/mol. The zero-order valence-corrected chi connectivity index (χ0v) is 12.6. The highest BCUT2D eigenvalue weighted by Gasteiger charge is 2.41. The Morgan fingerprint density at radius 1 is 0.944 bits per heavy atom. The fourth-order valence-corrected chi connectivity index (χ4v) is 3.51. The van der Waals surface area contributed by atoms with Crippen molar-refractivity contribution >= 4 is 0 Å². The number of ether oxygens (including phenoxy) is 1. The summed E-state index contributed by atoms with van der Waals surface area (Å²) in [5.41, 5.74) is 4.00. The number of phenolic OH excluding ortho intramolecular Hbond substituents is 1. The minimum absolute atomic E-state index is 0.0249. The van der Waals surface area contributed by atoms with Crippen molar-refractivity contribution in [2.24, 2.45) is 0 Å². The minimum atomic E-state index is -0.156. The SMILES string of the molecule is Cc1c(C)c2c(c(C)c1O)C(C)(C)CC(C)(C)O2. The summed E-state index contributed by atoms with van der Waals surface area (Å²) in [6, 6.07) is 0. The van der Waals surface area contributed by atoms with Crippen LogP contribution in [0.2, 0.25) is 0 Å². The van der Waals surface area contributed by atoms with Gasteiger partial charge in [0.15, 0.2) is 0 Å². The third-order valence-electron chi connectivity index (χ3n) is 4.14. The van der Waals surface area contributed by atoms with Gasteiger partial charge in [0, 0.05) is 5.56 Å². The van der Waals surface area contributed by atoms with Crippen LogP contribution in [0.4, 0.5) is 0 Å². The standard InChI is InChI=1S/C16H24O2/c1-9-10(2)14-12(11(3)13(9)17)15(4,5)8-16(6,7)18-14/h17H,8H2,1-7H3. The van der Waals surface area contributed by atoms with E-state index in [9.17, 15) is 5.11 Å². The average molecular weight is 248 g/mol. The van der Waals surface area contributed by atoms with Crippen molar-refractivity contribution in [1.29, 1.82) is 0 Å². The lowest BCUT2D eigenvalue weighted by Crippen LogP contribution is -2.42. The molecular formula is C16H24O2. The zero-order chi connectivity index (χ0) is 13.9. The van der Waals surface area contributed by atoms with Crippen molar-refractivity contribution in [3.8, 4) is 11.5 Å². The van der Waals surface area contributed by atoms with Gasteiger partial charge in [0.2, 0.25) is 0 Å². The Bertz CT molecular complexity index is 511. The Kier molecular flexibility index (Phi) is 2.69. The molecule has 0 radical (unpaired) electrons. The van der Waals surface area contributed by atoms with E-state index in [-0.39, 0.29) is 11.0 Å². The third kappa shape index (κ3) is 1.79. The first-order valence-corrected chi connectivity index (χ1v) is 6.59. The smallest absolute Gasteiger partial charge is 0.127 e. The molecule has 1 aromatic rings. The average Bonchev–Trinajstić information content (AvgIpc) is 2.19. The number of phenols is 1. The number of benzene rings is 1. The van der Waals surface area contributed by atoms with Crippen molar-refractivity contribution in [3.63, 3.8) is 0 Å². The summed E-state index contributed by atoms with van der Waals surface area (Å²) < 4.78 is 6.19. The van der Waals surface area contributed by atoms with Gasteiger partial charge in [0.05, 0.1) is 0 Å². The molecular weight excluding hydrogens is 224 g/mol. The van der Waals surface area contributed by atoms with Crippen LogP contribution in [0.25, 0.3) is 0 Å². The van der Waals surface area contributed by atoms with E-state index in [0.29, 0.717) is 5.75 Å². The van der Waals surface area contributed by atoms with Crippen LogP contribution in [0.3, 0.4) is 0 Å². The fraction of sp³-hybridized carbons (Fsp3) is 0.625. The van der Waals surface area contributed by atoms with E-state index in [1.54, 1.807) is 0 Å². The molecule has 1 N–H and O–H groups in total. The van der Waals surface area contributed by atoms with Crippen LogP contribution in [0.5, 0.6) is 11.5 Å². The summed E-state index contributed by atoms with van der Waals surface area (Å²) in [6.45, 7) is 14.7. The van der Waals surface area contributed by atoms with E-state index in [1.807, 2.05) is 20.8 Å². The summed E-state index contributed by atoms with van der Waals surface area (Å²) >= 11 is 0. The second-order valence-electron chi connectivity index (χ2n) is 6.85. The molecule has 0 fully saturated rings. The Labute approximate surface area is 110 Å². The maximum absolute atomic E-state index is 10.2. The van der Waals surface area contributed by atoms with Gasteiger partial charge in [-0.3, -0.25) is 0 Å². The highest BCUT2D eigenvalue weighted by Crippen LogP contribution is 2.50. The summed E-state index contributed by atoms with van der Waals surface area (Å²) in [7, 11) is 0. The number of hydrogen-bond acceptors (Lipinski definition) is 2. The second-order valence-corrected chi connectivity index (χ2v) is 6.85. The van der Waals surface area contributed by atoms with Gasteiger partial charge < -0.3 is 9.84 Å². The molecule has 2 rings (SSSR count). The molecule has 1 heterocycles. The first-order valence-electron chi connectivity index (χ1n) is 6.59. The molecule has 0 spiro atoms. The van der Waals surface area contributed by atoms with Crippen LogP contribution in [0, 0.1) is 20.8 Å². The Balaban J connectivity index is 2.81. The minimum Gasteiger partial charge on any atom is -0.507 e. The van der Waals surface area contributed by atoms with Crippen LogP contribution >= 0.6 is 0 Å². The predicted molar refractivity (Wildman–Crippen MR) is 74.7 cm³/mol. The number of fused-ring (bicyclic) bond motifs is 1. The van der Waals surface area contributed by atoms with Crippen LogP contribution in [-0.4, -0.2) is 10.7 Å².